The van der Waals surface area contributed by atoms with Crippen LogP contribution in [0.4, 0.5) is 11.4 Å². The minimum Gasteiger partial charge on any atom is -0.495 e. The number of para-hydroxylation sites is 2. The fraction of sp³-hybridized carbons (Fsp3) is 0.176. The summed E-state index contributed by atoms with van der Waals surface area (Å²) in [5, 5.41) is 5.67. The number of ether oxygens (including phenoxy) is 1. The van der Waals surface area contributed by atoms with Gasteiger partial charge in [0.1, 0.15) is 5.75 Å². The third-order valence-electron chi connectivity index (χ3n) is 3.46. The van der Waals surface area contributed by atoms with Gasteiger partial charge < -0.3 is 15.4 Å². The fourth-order valence-electron chi connectivity index (χ4n) is 2.30. The third-order valence-corrected chi connectivity index (χ3v) is 4.53. The first-order valence-corrected chi connectivity index (χ1v) is 8.17. The lowest BCUT2D eigenvalue weighted by Gasteiger charge is -2.11. The number of benzene rings is 2. The lowest BCUT2D eigenvalue weighted by Crippen LogP contribution is -2.14. The molecule has 23 heavy (non-hydrogen) atoms. The first kappa shape index (κ1) is 15.4. The second-order valence-corrected chi connectivity index (χ2v) is 6.15. The van der Waals surface area contributed by atoms with E-state index in [1.807, 2.05) is 18.2 Å². The lowest BCUT2D eigenvalue weighted by molar-refractivity contribution is -0.115. The van der Waals surface area contributed by atoms with Gasteiger partial charge in [0.2, 0.25) is 5.91 Å². The SMILES string of the molecule is COc1ccccc1NC(=O)c1ccc2c(c1)NC(=O)CCS2. The van der Waals surface area contributed by atoms with Crippen LogP contribution in [-0.2, 0) is 4.79 Å². The molecule has 0 saturated heterocycles. The summed E-state index contributed by atoms with van der Waals surface area (Å²) >= 11 is 1.61. The number of rotatable bonds is 3. The van der Waals surface area contributed by atoms with Crippen LogP contribution in [0.1, 0.15) is 16.8 Å². The van der Waals surface area contributed by atoms with E-state index in [-0.39, 0.29) is 11.8 Å². The maximum absolute atomic E-state index is 12.4. The van der Waals surface area contributed by atoms with Crippen molar-refractivity contribution in [1.82, 2.24) is 0 Å². The molecule has 0 aliphatic carbocycles. The van der Waals surface area contributed by atoms with Gasteiger partial charge >= 0.3 is 0 Å². The van der Waals surface area contributed by atoms with Crippen LogP contribution in [0, 0.1) is 0 Å². The van der Waals surface area contributed by atoms with Gasteiger partial charge in [-0.2, -0.15) is 0 Å². The molecule has 3 rings (SSSR count). The van der Waals surface area contributed by atoms with Crippen molar-refractivity contribution in [3.63, 3.8) is 0 Å². The maximum Gasteiger partial charge on any atom is 0.255 e. The van der Waals surface area contributed by atoms with Crippen LogP contribution in [0.3, 0.4) is 0 Å². The van der Waals surface area contributed by atoms with E-state index in [9.17, 15) is 9.59 Å². The molecule has 6 heteroatoms. The highest BCUT2D eigenvalue weighted by Crippen LogP contribution is 2.32. The summed E-state index contributed by atoms with van der Waals surface area (Å²) in [4.78, 5) is 25.1. The van der Waals surface area contributed by atoms with Gasteiger partial charge in [0.25, 0.3) is 5.91 Å². The number of carbonyl (C=O) groups excluding carboxylic acids is 2. The van der Waals surface area contributed by atoms with E-state index in [1.165, 1.54) is 0 Å². The van der Waals surface area contributed by atoms with Gasteiger partial charge in [-0.3, -0.25) is 9.59 Å². The smallest absolute Gasteiger partial charge is 0.255 e. The Morgan fingerprint density at radius 2 is 2.09 bits per heavy atom. The molecular formula is C17H16N2O3S. The van der Waals surface area contributed by atoms with E-state index < -0.39 is 0 Å². The average Bonchev–Trinajstić information content (AvgIpc) is 2.75. The van der Waals surface area contributed by atoms with Crippen LogP contribution < -0.4 is 15.4 Å². The molecule has 1 heterocycles. The monoisotopic (exact) mass is 328 g/mol. The molecule has 2 aromatic rings. The van der Waals surface area contributed by atoms with Crippen molar-refractivity contribution in [2.24, 2.45) is 0 Å². The topological polar surface area (TPSA) is 67.4 Å². The molecule has 0 bridgehead atoms. The van der Waals surface area contributed by atoms with Crippen molar-refractivity contribution in [2.75, 3.05) is 23.5 Å². The van der Waals surface area contributed by atoms with E-state index in [1.54, 1.807) is 43.1 Å². The van der Waals surface area contributed by atoms with Gasteiger partial charge in [-0.1, -0.05) is 12.1 Å². The molecule has 0 radical (unpaired) electrons. The van der Waals surface area contributed by atoms with Crippen LogP contribution in [0.2, 0.25) is 0 Å². The number of hydrogen-bond donors (Lipinski definition) is 2. The van der Waals surface area contributed by atoms with E-state index in [0.29, 0.717) is 29.1 Å². The number of hydrogen-bond acceptors (Lipinski definition) is 4. The highest BCUT2D eigenvalue weighted by molar-refractivity contribution is 7.99. The van der Waals surface area contributed by atoms with Gasteiger partial charge in [-0.15, -0.1) is 11.8 Å². The lowest BCUT2D eigenvalue weighted by atomic mass is 10.1. The molecule has 0 unspecified atom stereocenters. The second-order valence-electron chi connectivity index (χ2n) is 5.01. The molecule has 118 valence electrons. The quantitative estimate of drug-likeness (QED) is 0.906. The van der Waals surface area contributed by atoms with Gasteiger partial charge in [0, 0.05) is 22.6 Å². The standard InChI is InChI=1S/C17H16N2O3S/c1-22-14-5-3-2-4-12(14)19-17(21)11-6-7-15-13(10-11)18-16(20)8-9-23-15/h2-7,10H,8-9H2,1H3,(H,18,20)(H,19,21). The van der Waals surface area contributed by atoms with E-state index >= 15 is 0 Å². The first-order valence-electron chi connectivity index (χ1n) is 7.18. The van der Waals surface area contributed by atoms with E-state index in [2.05, 4.69) is 10.6 Å². The summed E-state index contributed by atoms with van der Waals surface area (Å²) in [6, 6.07) is 12.5. The number of methoxy groups -OCH3 is 1. The Morgan fingerprint density at radius 1 is 1.26 bits per heavy atom. The Balaban J connectivity index is 1.84. The van der Waals surface area contributed by atoms with Crippen molar-refractivity contribution in [3.05, 3.63) is 48.0 Å². The highest BCUT2D eigenvalue weighted by atomic mass is 32.2. The predicted molar refractivity (Wildman–Crippen MR) is 91.4 cm³/mol. The van der Waals surface area contributed by atoms with Crippen LogP contribution in [0.15, 0.2) is 47.4 Å². The summed E-state index contributed by atoms with van der Waals surface area (Å²) in [7, 11) is 1.56. The number of nitrogens with one attached hydrogen (secondary N) is 2. The molecule has 0 spiro atoms. The van der Waals surface area contributed by atoms with Gasteiger partial charge in [-0.05, 0) is 30.3 Å². The Hall–Kier alpha value is -2.47. The number of thioether (sulfide) groups is 1. The van der Waals surface area contributed by atoms with Crippen molar-refractivity contribution in [1.29, 1.82) is 0 Å². The molecule has 0 atom stereocenters. The molecule has 2 amide bonds. The second kappa shape index (κ2) is 6.75. The summed E-state index contributed by atoms with van der Waals surface area (Å²) < 4.78 is 5.23. The molecule has 0 fully saturated rings. The van der Waals surface area contributed by atoms with Gasteiger partial charge in [-0.25, -0.2) is 0 Å². The average molecular weight is 328 g/mol. The van der Waals surface area contributed by atoms with Gasteiger partial charge in [0.05, 0.1) is 18.5 Å². The molecule has 0 aromatic heterocycles. The molecule has 2 N–H and O–H groups in total. The summed E-state index contributed by atoms with van der Waals surface area (Å²) in [5.74, 6) is 1.06. The number of fused-ring (bicyclic) bond motifs is 1. The fourth-order valence-corrected chi connectivity index (χ4v) is 3.24. The molecule has 5 nitrogen and oxygen atoms in total. The zero-order valence-electron chi connectivity index (χ0n) is 12.6. The summed E-state index contributed by atoms with van der Waals surface area (Å²) in [6.45, 7) is 0. The van der Waals surface area contributed by atoms with Crippen molar-refractivity contribution in [2.45, 2.75) is 11.3 Å². The van der Waals surface area contributed by atoms with Crippen molar-refractivity contribution < 1.29 is 14.3 Å². The maximum atomic E-state index is 12.4. The Kier molecular flexibility index (Phi) is 4.52. The normalized spacial score (nSPS) is 13.5. The Bertz CT molecular complexity index is 761. The van der Waals surface area contributed by atoms with Crippen molar-refractivity contribution >= 4 is 35.0 Å². The van der Waals surface area contributed by atoms with Crippen LogP contribution >= 0.6 is 11.8 Å². The zero-order valence-corrected chi connectivity index (χ0v) is 13.4. The molecule has 2 aromatic carbocycles. The Labute approximate surface area is 138 Å². The minimum atomic E-state index is -0.249. The number of amides is 2. The van der Waals surface area contributed by atoms with Crippen molar-refractivity contribution in [3.8, 4) is 5.75 Å². The van der Waals surface area contributed by atoms with Crippen LogP contribution in [0.25, 0.3) is 0 Å². The molecule has 0 saturated carbocycles. The van der Waals surface area contributed by atoms with Gasteiger partial charge in [0.15, 0.2) is 0 Å². The van der Waals surface area contributed by atoms with Crippen LogP contribution in [0.5, 0.6) is 5.75 Å². The summed E-state index contributed by atoms with van der Waals surface area (Å²) in [5.41, 5.74) is 1.77. The molecule has 1 aliphatic rings. The molecular weight excluding hydrogens is 312 g/mol. The van der Waals surface area contributed by atoms with Crippen LogP contribution in [-0.4, -0.2) is 24.7 Å². The summed E-state index contributed by atoms with van der Waals surface area (Å²) in [6.07, 6.45) is 0.474. The largest absolute Gasteiger partial charge is 0.495 e. The number of anilines is 2. The predicted octanol–water partition coefficient (Wildman–Crippen LogP) is 3.38. The molecule has 1 aliphatic heterocycles. The van der Waals surface area contributed by atoms with E-state index in [0.717, 1.165) is 10.6 Å². The minimum absolute atomic E-state index is 0.0291. The first-order chi connectivity index (χ1) is 11.2. The zero-order chi connectivity index (χ0) is 16.2. The highest BCUT2D eigenvalue weighted by Gasteiger charge is 2.16. The van der Waals surface area contributed by atoms with E-state index in [4.69, 9.17) is 4.74 Å². The number of carbonyl (C=O) groups is 2. The third kappa shape index (κ3) is 3.48. The Morgan fingerprint density at radius 3 is 2.91 bits per heavy atom.